The van der Waals surface area contributed by atoms with Gasteiger partial charge in [0.2, 0.25) is 5.12 Å². The van der Waals surface area contributed by atoms with E-state index in [0.29, 0.717) is 27.9 Å². The summed E-state index contributed by atoms with van der Waals surface area (Å²) in [7, 11) is 1.29. The number of hydrogen-bond acceptors (Lipinski definition) is 6. The van der Waals surface area contributed by atoms with Gasteiger partial charge in [0.1, 0.15) is 11.5 Å². The van der Waals surface area contributed by atoms with Gasteiger partial charge in [0, 0.05) is 28.3 Å². The number of thioether (sulfide) groups is 1. The average molecular weight is 363 g/mol. The van der Waals surface area contributed by atoms with Crippen LogP contribution >= 0.6 is 23.4 Å². The highest BCUT2D eigenvalue weighted by Crippen LogP contribution is 2.39. The molecule has 5 nitrogen and oxygen atoms in total. The van der Waals surface area contributed by atoms with Crippen molar-refractivity contribution in [2.75, 3.05) is 12.9 Å². The van der Waals surface area contributed by atoms with E-state index >= 15 is 0 Å². The van der Waals surface area contributed by atoms with Crippen molar-refractivity contribution in [1.82, 2.24) is 9.97 Å². The molecule has 1 saturated carbocycles. The summed E-state index contributed by atoms with van der Waals surface area (Å²) < 4.78 is 4.58. The molecule has 1 aromatic heterocycles. The molecule has 3 rings (SSSR count). The molecule has 2 aromatic rings. The molecule has 1 aliphatic carbocycles. The quantitative estimate of drug-likeness (QED) is 0.755. The van der Waals surface area contributed by atoms with E-state index in [1.165, 1.54) is 7.11 Å². The van der Waals surface area contributed by atoms with Gasteiger partial charge in [0.15, 0.2) is 0 Å². The number of methoxy groups -OCH3 is 1. The second-order valence-electron chi connectivity index (χ2n) is 5.40. The smallest absolute Gasteiger partial charge is 0.316 e. The zero-order chi connectivity index (χ0) is 17.1. The number of carbonyl (C=O) groups excluding carboxylic acids is 2. The third-order valence-corrected chi connectivity index (χ3v) is 4.82. The Hall–Kier alpha value is -1.92. The number of halogens is 1. The Morgan fingerprint density at radius 2 is 2.04 bits per heavy atom. The minimum atomic E-state index is -0.455. The summed E-state index contributed by atoms with van der Waals surface area (Å²) in [4.78, 5) is 32.7. The van der Waals surface area contributed by atoms with Gasteiger partial charge in [-0.2, -0.15) is 0 Å². The van der Waals surface area contributed by atoms with Crippen LogP contribution in [-0.2, 0) is 9.53 Å². The van der Waals surface area contributed by atoms with Crippen molar-refractivity contribution in [3.8, 4) is 11.1 Å². The lowest BCUT2D eigenvalue weighted by Gasteiger charge is -2.10. The zero-order valence-electron chi connectivity index (χ0n) is 13.0. The van der Waals surface area contributed by atoms with E-state index in [2.05, 4.69) is 14.7 Å². The van der Waals surface area contributed by atoms with Gasteiger partial charge in [0.05, 0.1) is 12.9 Å². The first kappa shape index (κ1) is 16.9. The summed E-state index contributed by atoms with van der Waals surface area (Å²) in [5, 5.41) is 0.229. The van der Waals surface area contributed by atoms with Gasteiger partial charge in [-0.05, 0) is 18.9 Å². The first-order chi connectivity index (χ1) is 11.6. The van der Waals surface area contributed by atoms with Crippen molar-refractivity contribution in [1.29, 1.82) is 0 Å². The maximum atomic E-state index is 12.6. The van der Waals surface area contributed by atoms with E-state index in [4.69, 9.17) is 11.6 Å². The molecular weight excluding hydrogens is 348 g/mol. The molecule has 0 aliphatic heterocycles. The van der Waals surface area contributed by atoms with E-state index in [-0.39, 0.29) is 16.6 Å². The highest BCUT2D eigenvalue weighted by Gasteiger charge is 2.29. The number of aromatic nitrogens is 2. The fourth-order valence-electron chi connectivity index (χ4n) is 2.22. The molecule has 1 fully saturated rings. The van der Waals surface area contributed by atoms with E-state index in [0.717, 1.165) is 24.6 Å². The summed E-state index contributed by atoms with van der Waals surface area (Å²) in [6.07, 6.45) is 3.72. The van der Waals surface area contributed by atoms with Crippen LogP contribution in [0, 0.1) is 0 Å². The molecule has 0 bridgehead atoms. The molecule has 1 aromatic carbocycles. The summed E-state index contributed by atoms with van der Waals surface area (Å²) in [5.74, 6) is 0.486. The van der Waals surface area contributed by atoms with Crippen LogP contribution in [0.3, 0.4) is 0 Å². The van der Waals surface area contributed by atoms with E-state index < -0.39 is 5.97 Å². The van der Waals surface area contributed by atoms with Crippen LogP contribution in [0.25, 0.3) is 11.1 Å². The molecular formula is C17H15ClN2O3S. The highest BCUT2D eigenvalue weighted by atomic mass is 35.5. The van der Waals surface area contributed by atoms with Crippen molar-refractivity contribution in [2.24, 2.45) is 0 Å². The molecule has 1 heterocycles. The number of rotatable bonds is 5. The average Bonchev–Trinajstić information content (AvgIpc) is 3.44. The molecule has 7 heteroatoms. The number of esters is 1. The van der Waals surface area contributed by atoms with Crippen molar-refractivity contribution < 1.29 is 14.3 Å². The maximum Gasteiger partial charge on any atom is 0.316 e. The number of nitrogens with zero attached hydrogens (tertiary/aromatic N) is 2. The van der Waals surface area contributed by atoms with E-state index in [1.807, 2.05) is 18.2 Å². The molecule has 0 spiro atoms. The molecule has 0 atom stereocenters. The van der Waals surface area contributed by atoms with Gasteiger partial charge < -0.3 is 4.74 Å². The van der Waals surface area contributed by atoms with Crippen molar-refractivity contribution in [3.63, 3.8) is 0 Å². The van der Waals surface area contributed by atoms with E-state index in [1.54, 1.807) is 12.3 Å². The van der Waals surface area contributed by atoms with Crippen molar-refractivity contribution in [3.05, 3.63) is 47.0 Å². The minimum absolute atomic E-state index is 0.0555. The van der Waals surface area contributed by atoms with Crippen LogP contribution in [0.5, 0.6) is 0 Å². The first-order valence-electron chi connectivity index (χ1n) is 7.46. The fraction of sp³-hybridized carbons (Fsp3) is 0.294. The normalized spacial score (nSPS) is 13.6. The topological polar surface area (TPSA) is 69.2 Å². The summed E-state index contributed by atoms with van der Waals surface area (Å²) in [6.45, 7) is 0. The third-order valence-electron chi connectivity index (χ3n) is 3.66. The minimum Gasteiger partial charge on any atom is -0.468 e. The summed E-state index contributed by atoms with van der Waals surface area (Å²) in [6, 6.07) is 7.23. The second-order valence-corrected chi connectivity index (χ2v) is 6.75. The van der Waals surface area contributed by atoms with Gasteiger partial charge in [-0.15, -0.1) is 0 Å². The lowest BCUT2D eigenvalue weighted by atomic mass is 10.1. The van der Waals surface area contributed by atoms with Crippen molar-refractivity contribution >= 4 is 34.4 Å². The Morgan fingerprint density at radius 1 is 1.29 bits per heavy atom. The van der Waals surface area contributed by atoms with Crippen LogP contribution in [-0.4, -0.2) is 33.9 Å². The molecule has 0 amide bonds. The monoisotopic (exact) mass is 362 g/mol. The molecule has 124 valence electrons. The second kappa shape index (κ2) is 7.32. The molecule has 0 unspecified atom stereocenters. The first-order valence-corrected chi connectivity index (χ1v) is 8.82. The Kier molecular flexibility index (Phi) is 5.16. The van der Waals surface area contributed by atoms with E-state index in [9.17, 15) is 9.59 Å². The highest BCUT2D eigenvalue weighted by molar-refractivity contribution is 8.14. The fourth-order valence-corrected chi connectivity index (χ4v) is 3.11. The molecule has 24 heavy (non-hydrogen) atoms. The standard InChI is InChI=1S/C17H15ClN2O3S/c1-23-14(21)9-24-17(22)15-12(11-4-2-3-5-13(11)18)8-19-16(20-15)10-6-7-10/h2-5,8,10H,6-7,9H2,1H3. The zero-order valence-corrected chi connectivity index (χ0v) is 14.6. The maximum absolute atomic E-state index is 12.6. The summed E-state index contributed by atoms with van der Waals surface area (Å²) >= 11 is 7.12. The molecule has 0 saturated heterocycles. The Labute approximate surface area is 148 Å². The molecule has 0 radical (unpaired) electrons. The van der Waals surface area contributed by atoms with Crippen molar-refractivity contribution in [2.45, 2.75) is 18.8 Å². The predicted molar refractivity (Wildman–Crippen MR) is 93.3 cm³/mol. The summed E-state index contributed by atoms with van der Waals surface area (Å²) in [5.41, 5.74) is 1.56. The Balaban J connectivity index is 1.97. The van der Waals surface area contributed by atoms with Crippen LogP contribution < -0.4 is 0 Å². The Morgan fingerprint density at radius 3 is 2.71 bits per heavy atom. The predicted octanol–water partition coefficient (Wildman–Crippen LogP) is 3.72. The van der Waals surface area contributed by atoms with Gasteiger partial charge >= 0.3 is 5.97 Å². The molecule has 1 aliphatic rings. The van der Waals surface area contributed by atoms with Gasteiger partial charge in [0.25, 0.3) is 0 Å². The number of carbonyl (C=O) groups is 2. The van der Waals surface area contributed by atoms with Gasteiger partial charge in [-0.1, -0.05) is 41.6 Å². The van der Waals surface area contributed by atoms with Crippen LogP contribution in [0.15, 0.2) is 30.5 Å². The lowest BCUT2D eigenvalue weighted by Crippen LogP contribution is -2.10. The molecule has 0 N–H and O–H groups in total. The largest absolute Gasteiger partial charge is 0.468 e. The van der Waals surface area contributed by atoms with Gasteiger partial charge in [-0.25, -0.2) is 9.97 Å². The third kappa shape index (κ3) is 3.76. The lowest BCUT2D eigenvalue weighted by molar-refractivity contribution is -0.137. The number of hydrogen-bond donors (Lipinski definition) is 0. The van der Waals surface area contributed by atoms with Crippen LogP contribution in [0.1, 0.15) is 35.1 Å². The SMILES string of the molecule is COC(=O)CSC(=O)c1nc(C2CC2)ncc1-c1ccccc1Cl. The number of benzene rings is 1. The van der Waals surface area contributed by atoms with Gasteiger partial charge in [-0.3, -0.25) is 9.59 Å². The van der Waals surface area contributed by atoms with Crippen LogP contribution in [0.2, 0.25) is 5.02 Å². The Bertz CT molecular complexity index is 793. The number of ether oxygens (including phenoxy) is 1. The van der Waals surface area contributed by atoms with Crippen LogP contribution in [0.4, 0.5) is 0 Å².